The van der Waals surface area contributed by atoms with Crippen molar-refractivity contribution >= 4 is 0 Å². The lowest BCUT2D eigenvalue weighted by Crippen LogP contribution is -2.43. The van der Waals surface area contributed by atoms with Crippen LogP contribution in [0.25, 0.3) is 0 Å². The molecule has 1 unspecified atom stereocenters. The van der Waals surface area contributed by atoms with Crippen molar-refractivity contribution in [2.75, 3.05) is 52.9 Å². The van der Waals surface area contributed by atoms with Crippen LogP contribution in [0.5, 0.6) is 5.75 Å². The van der Waals surface area contributed by atoms with Crippen molar-refractivity contribution < 1.29 is 9.84 Å². The Kier molecular flexibility index (Phi) is 6.82. The summed E-state index contributed by atoms with van der Waals surface area (Å²) in [5.74, 6) is 0.829. The zero-order valence-electron chi connectivity index (χ0n) is 17.5. The molecule has 0 amide bonds. The average molecular weight is 396 g/mol. The lowest BCUT2D eigenvalue weighted by Gasteiger charge is -2.32. The van der Waals surface area contributed by atoms with Gasteiger partial charge in [-0.1, -0.05) is 36.4 Å². The summed E-state index contributed by atoms with van der Waals surface area (Å²) >= 11 is 0. The number of hydrogen-bond donors (Lipinski definition) is 1. The standard InChI is InChI=1S/C24H33N3O2/c1-25-12-14-26(15-13-25)16-20-6-8-24(9-7-20)29-19-23(28)18-27-11-10-21-4-2-3-5-22(21)17-27/h2-9,23,28H,10-19H2,1H3. The molecule has 2 aliphatic rings. The molecule has 29 heavy (non-hydrogen) atoms. The van der Waals surface area contributed by atoms with Crippen molar-refractivity contribution in [1.82, 2.24) is 14.7 Å². The smallest absolute Gasteiger partial charge is 0.119 e. The predicted molar refractivity (Wildman–Crippen MR) is 116 cm³/mol. The molecule has 5 nitrogen and oxygen atoms in total. The minimum Gasteiger partial charge on any atom is -0.491 e. The summed E-state index contributed by atoms with van der Waals surface area (Å²) in [7, 11) is 2.18. The summed E-state index contributed by atoms with van der Waals surface area (Å²) in [6, 6.07) is 16.9. The monoisotopic (exact) mass is 395 g/mol. The van der Waals surface area contributed by atoms with E-state index >= 15 is 0 Å². The van der Waals surface area contributed by atoms with Crippen molar-refractivity contribution in [3.8, 4) is 5.75 Å². The Balaban J connectivity index is 1.20. The van der Waals surface area contributed by atoms with Crippen molar-refractivity contribution in [1.29, 1.82) is 0 Å². The molecular weight excluding hydrogens is 362 g/mol. The second-order valence-corrected chi connectivity index (χ2v) is 8.44. The first-order chi connectivity index (χ1) is 14.2. The summed E-state index contributed by atoms with van der Waals surface area (Å²) < 4.78 is 5.84. The molecule has 1 saturated heterocycles. The summed E-state index contributed by atoms with van der Waals surface area (Å²) in [5, 5.41) is 10.4. The predicted octanol–water partition coefficient (Wildman–Crippen LogP) is 2.23. The molecular formula is C24H33N3O2. The highest BCUT2D eigenvalue weighted by Gasteiger charge is 2.19. The second-order valence-electron chi connectivity index (χ2n) is 8.44. The zero-order chi connectivity index (χ0) is 20.1. The summed E-state index contributed by atoms with van der Waals surface area (Å²) in [6.07, 6.45) is 0.573. The number of likely N-dealkylation sites (N-methyl/N-ethyl adjacent to an activating group) is 1. The Hall–Kier alpha value is -1.92. The van der Waals surface area contributed by atoms with Crippen molar-refractivity contribution in [3.63, 3.8) is 0 Å². The van der Waals surface area contributed by atoms with Gasteiger partial charge in [-0.25, -0.2) is 0 Å². The van der Waals surface area contributed by atoms with E-state index in [1.54, 1.807) is 0 Å². The third kappa shape index (κ3) is 5.80. The van der Waals surface area contributed by atoms with Crippen LogP contribution in [-0.2, 0) is 19.5 Å². The van der Waals surface area contributed by atoms with Crippen LogP contribution in [0.1, 0.15) is 16.7 Å². The molecule has 2 aliphatic heterocycles. The van der Waals surface area contributed by atoms with Crippen LogP contribution >= 0.6 is 0 Å². The van der Waals surface area contributed by atoms with Crippen LogP contribution in [0.2, 0.25) is 0 Å². The van der Waals surface area contributed by atoms with Crippen LogP contribution in [-0.4, -0.2) is 78.8 Å². The van der Waals surface area contributed by atoms with Gasteiger partial charge in [0.05, 0.1) is 0 Å². The van der Waals surface area contributed by atoms with E-state index in [2.05, 4.69) is 58.1 Å². The number of piperazine rings is 1. The second kappa shape index (κ2) is 9.72. The molecule has 2 aromatic rings. The van der Waals surface area contributed by atoms with Gasteiger partial charge in [-0.05, 0) is 42.3 Å². The summed E-state index contributed by atoms with van der Waals surface area (Å²) in [6.45, 7) is 8.41. The Morgan fingerprint density at radius 2 is 1.62 bits per heavy atom. The van der Waals surface area contributed by atoms with Crippen molar-refractivity contribution in [2.45, 2.75) is 25.6 Å². The number of benzene rings is 2. The molecule has 0 aromatic heterocycles. The highest BCUT2D eigenvalue weighted by molar-refractivity contribution is 5.29. The molecule has 1 atom stereocenters. The number of aliphatic hydroxyl groups excluding tert-OH is 1. The van der Waals surface area contributed by atoms with E-state index in [9.17, 15) is 5.11 Å². The number of ether oxygens (including phenoxy) is 1. The molecule has 4 rings (SSSR count). The van der Waals surface area contributed by atoms with E-state index in [-0.39, 0.29) is 0 Å². The third-order valence-corrected chi connectivity index (χ3v) is 6.05. The van der Waals surface area contributed by atoms with Gasteiger partial charge in [0.25, 0.3) is 0 Å². The number of aliphatic hydroxyl groups is 1. The first-order valence-electron chi connectivity index (χ1n) is 10.8. The minimum absolute atomic E-state index is 0.329. The normalized spacial score (nSPS) is 19.7. The van der Waals surface area contributed by atoms with Crippen molar-refractivity contribution in [3.05, 3.63) is 65.2 Å². The highest BCUT2D eigenvalue weighted by atomic mass is 16.5. The quantitative estimate of drug-likeness (QED) is 0.779. The minimum atomic E-state index is -0.481. The Morgan fingerprint density at radius 1 is 0.897 bits per heavy atom. The summed E-state index contributed by atoms with van der Waals surface area (Å²) in [5.41, 5.74) is 4.13. The molecule has 2 aromatic carbocycles. The molecule has 0 radical (unpaired) electrons. The largest absolute Gasteiger partial charge is 0.491 e. The van der Waals surface area contributed by atoms with E-state index in [4.69, 9.17) is 4.74 Å². The van der Waals surface area contributed by atoms with Gasteiger partial charge in [0.2, 0.25) is 0 Å². The van der Waals surface area contributed by atoms with Gasteiger partial charge in [0, 0.05) is 52.4 Å². The molecule has 1 N–H and O–H groups in total. The van der Waals surface area contributed by atoms with Crippen LogP contribution in [0.3, 0.4) is 0 Å². The fourth-order valence-corrected chi connectivity index (χ4v) is 4.21. The third-order valence-electron chi connectivity index (χ3n) is 6.05. The van der Waals surface area contributed by atoms with E-state index < -0.39 is 6.10 Å². The van der Waals surface area contributed by atoms with Gasteiger partial charge in [-0.2, -0.15) is 0 Å². The maximum Gasteiger partial charge on any atom is 0.119 e. The molecule has 5 heteroatoms. The van der Waals surface area contributed by atoms with Gasteiger partial charge in [-0.15, -0.1) is 0 Å². The molecule has 0 bridgehead atoms. The number of β-amino-alcohol motifs (C(OH)–C–C–N with tert-alkyl or cyclic N) is 1. The van der Waals surface area contributed by atoms with E-state index in [1.165, 1.54) is 16.7 Å². The number of nitrogens with zero attached hydrogens (tertiary/aromatic N) is 3. The van der Waals surface area contributed by atoms with E-state index in [0.29, 0.717) is 13.2 Å². The zero-order valence-corrected chi connectivity index (χ0v) is 17.5. The first kappa shape index (κ1) is 20.4. The highest BCUT2D eigenvalue weighted by Crippen LogP contribution is 2.19. The molecule has 2 heterocycles. The van der Waals surface area contributed by atoms with Gasteiger partial charge < -0.3 is 14.7 Å². The maximum atomic E-state index is 10.4. The Morgan fingerprint density at radius 3 is 2.38 bits per heavy atom. The van der Waals surface area contributed by atoms with Gasteiger partial charge in [0.15, 0.2) is 0 Å². The van der Waals surface area contributed by atoms with Crippen LogP contribution in [0, 0.1) is 0 Å². The average Bonchev–Trinajstić information content (AvgIpc) is 2.75. The van der Waals surface area contributed by atoms with Gasteiger partial charge >= 0.3 is 0 Å². The maximum absolute atomic E-state index is 10.4. The lowest BCUT2D eigenvalue weighted by atomic mass is 10.00. The van der Waals surface area contributed by atoms with Crippen LogP contribution in [0.15, 0.2) is 48.5 Å². The topological polar surface area (TPSA) is 39.2 Å². The number of rotatable bonds is 7. The number of fused-ring (bicyclic) bond motifs is 1. The van der Waals surface area contributed by atoms with Crippen LogP contribution in [0.4, 0.5) is 0 Å². The fraction of sp³-hybridized carbons (Fsp3) is 0.500. The first-order valence-corrected chi connectivity index (χ1v) is 10.8. The van der Waals surface area contributed by atoms with Gasteiger partial charge in [-0.3, -0.25) is 9.80 Å². The van der Waals surface area contributed by atoms with Crippen LogP contribution < -0.4 is 4.74 Å². The molecule has 1 fully saturated rings. The van der Waals surface area contributed by atoms with Crippen molar-refractivity contribution in [2.24, 2.45) is 0 Å². The van der Waals surface area contributed by atoms with E-state index in [0.717, 1.165) is 58.0 Å². The lowest BCUT2D eigenvalue weighted by molar-refractivity contribution is 0.0637. The summed E-state index contributed by atoms with van der Waals surface area (Å²) in [4.78, 5) is 7.19. The SMILES string of the molecule is CN1CCN(Cc2ccc(OCC(O)CN3CCc4ccccc4C3)cc2)CC1. The fourth-order valence-electron chi connectivity index (χ4n) is 4.21. The Labute approximate surface area is 174 Å². The number of hydrogen-bond acceptors (Lipinski definition) is 5. The molecule has 0 spiro atoms. The molecule has 0 aliphatic carbocycles. The molecule has 156 valence electrons. The Bertz CT molecular complexity index is 772. The van der Waals surface area contributed by atoms with Gasteiger partial charge in [0.1, 0.15) is 18.5 Å². The van der Waals surface area contributed by atoms with E-state index in [1.807, 2.05) is 12.1 Å². The molecule has 0 saturated carbocycles.